The molecular weight excluding hydrogens is 364 g/mol. The van der Waals surface area contributed by atoms with E-state index in [0.717, 1.165) is 0 Å². The topological polar surface area (TPSA) is 66.9 Å². The van der Waals surface area contributed by atoms with Crippen molar-refractivity contribution in [2.45, 2.75) is 45.1 Å². The molecule has 6 nitrogen and oxygen atoms in total. The number of piperazine rings is 1. The quantitative estimate of drug-likeness (QED) is 0.797. The molecule has 0 N–H and O–H groups in total. The van der Waals surface area contributed by atoms with E-state index in [4.69, 9.17) is 16.3 Å². The molecule has 0 unspecified atom stereocenters. The van der Waals surface area contributed by atoms with Crippen LogP contribution in [0.15, 0.2) is 24.3 Å². The van der Waals surface area contributed by atoms with Crippen molar-refractivity contribution in [2.24, 2.45) is 0 Å². The largest absolute Gasteiger partial charge is 0.444 e. The molecular formula is C17H25ClN2O4S. The number of benzene rings is 1. The minimum atomic E-state index is -3.45. The van der Waals surface area contributed by atoms with Crippen LogP contribution in [-0.4, -0.2) is 55.0 Å². The third-order valence-corrected chi connectivity index (χ3v) is 5.94. The van der Waals surface area contributed by atoms with Crippen LogP contribution < -0.4 is 0 Å². The lowest BCUT2D eigenvalue weighted by Crippen LogP contribution is -2.56. The maximum atomic E-state index is 12.6. The first-order valence-electron chi connectivity index (χ1n) is 8.20. The first kappa shape index (κ1) is 20.0. The summed E-state index contributed by atoms with van der Waals surface area (Å²) < 4.78 is 32.1. The van der Waals surface area contributed by atoms with Gasteiger partial charge in [0.1, 0.15) is 5.60 Å². The monoisotopic (exact) mass is 388 g/mol. The molecule has 2 rings (SSSR count). The van der Waals surface area contributed by atoms with Crippen molar-refractivity contribution in [3.8, 4) is 0 Å². The fourth-order valence-electron chi connectivity index (χ4n) is 2.65. The molecule has 1 amide bonds. The highest BCUT2D eigenvalue weighted by Gasteiger charge is 2.35. The standard InChI is InChI=1S/C17H25ClN2O4S/c1-13-11-19(9-10-20(13)16(21)24-17(2,3)4)25(22,23)12-14-5-7-15(18)8-6-14/h5-8,13H,9-12H2,1-4H3/t13-/m0/s1. The van der Waals surface area contributed by atoms with Gasteiger partial charge in [-0.3, -0.25) is 0 Å². The van der Waals surface area contributed by atoms with Gasteiger partial charge in [-0.25, -0.2) is 13.2 Å². The van der Waals surface area contributed by atoms with Crippen LogP contribution in [0.1, 0.15) is 33.3 Å². The highest BCUT2D eigenvalue weighted by Crippen LogP contribution is 2.20. The Morgan fingerprint density at radius 1 is 1.24 bits per heavy atom. The fraction of sp³-hybridized carbons (Fsp3) is 0.588. The molecule has 1 atom stereocenters. The average Bonchev–Trinajstić information content (AvgIpc) is 2.47. The van der Waals surface area contributed by atoms with Crippen molar-refractivity contribution in [2.75, 3.05) is 19.6 Å². The molecule has 1 heterocycles. The molecule has 1 aliphatic heterocycles. The summed E-state index contributed by atoms with van der Waals surface area (Å²) in [5, 5.41) is 0.570. The molecule has 1 saturated heterocycles. The van der Waals surface area contributed by atoms with Gasteiger partial charge in [0.2, 0.25) is 10.0 Å². The number of halogens is 1. The Morgan fingerprint density at radius 3 is 2.36 bits per heavy atom. The second kappa shape index (κ2) is 7.51. The van der Waals surface area contributed by atoms with E-state index >= 15 is 0 Å². The SMILES string of the molecule is C[C@H]1CN(S(=O)(=O)Cc2ccc(Cl)cc2)CCN1C(=O)OC(C)(C)C. The van der Waals surface area contributed by atoms with Crippen molar-refractivity contribution in [1.29, 1.82) is 0 Å². The molecule has 0 aromatic heterocycles. The van der Waals surface area contributed by atoms with Gasteiger partial charge in [-0.15, -0.1) is 0 Å². The predicted octanol–water partition coefficient (Wildman–Crippen LogP) is 3.11. The van der Waals surface area contributed by atoms with E-state index in [1.54, 1.807) is 29.2 Å². The van der Waals surface area contributed by atoms with Crippen molar-refractivity contribution in [3.63, 3.8) is 0 Å². The Balaban J connectivity index is 2.01. The molecule has 0 spiro atoms. The summed E-state index contributed by atoms with van der Waals surface area (Å²) in [5.74, 6) is -0.0800. The van der Waals surface area contributed by atoms with Crippen molar-refractivity contribution >= 4 is 27.7 Å². The second-order valence-electron chi connectivity index (χ2n) is 7.26. The second-order valence-corrected chi connectivity index (χ2v) is 9.67. The van der Waals surface area contributed by atoms with Crippen molar-refractivity contribution in [1.82, 2.24) is 9.21 Å². The number of nitrogens with zero attached hydrogens (tertiary/aromatic N) is 2. The zero-order valence-electron chi connectivity index (χ0n) is 15.0. The van der Waals surface area contributed by atoms with Gasteiger partial charge < -0.3 is 9.64 Å². The summed E-state index contributed by atoms with van der Waals surface area (Å²) in [6, 6.07) is 6.52. The fourth-order valence-corrected chi connectivity index (χ4v) is 4.38. The van der Waals surface area contributed by atoms with Gasteiger partial charge in [0.05, 0.1) is 5.75 Å². The summed E-state index contributed by atoms with van der Waals surface area (Å²) in [4.78, 5) is 13.8. The van der Waals surface area contributed by atoms with Gasteiger partial charge >= 0.3 is 6.09 Å². The summed E-state index contributed by atoms with van der Waals surface area (Å²) in [6.45, 7) is 8.09. The van der Waals surface area contributed by atoms with E-state index in [-0.39, 0.29) is 24.9 Å². The van der Waals surface area contributed by atoms with Crippen LogP contribution in [0.4, 0.5) is 4.79 Å². The van der Waals surface area contributed by atoms with Crippen molar-refractivity contribution in [3.05, 3.63) is 34.9 Å². The molecule has 0 bridgehead atoms. The lowest BCUT2D eigenvalue weighted by atomic mass is 10.2. The molecule has 140 valence electrons. The molecule has 0 radical (unpaired) electrons. The number of sulfonamides is 1. The van der Waals surface area contributed by atoms with Gasteiger partial charge in [0.15, 0.2) is 0 Å². The molecule has 8 heteroatoms. The molecule has 0 saturated carbocycles. The number of hydrogen-bond donors (Lipinski definition) is 0. The third kappa shape index (κ3) is 5.59. The van der Waals surface area contributed by atoms with Crippen LogP contribution in [0.25, 0.3) is 0 Å². The van der Waals surface area contributed by atoms with Crippen molar-refractivity contribution < 1.29 is 17.9 Å². The normalized spacial score (nSPS) is 19.7. The van der Waals surface area contributed by atoms with E-state index < -0.39 is 21.7 Å². The Morgan fingerprint density at radius 2 is 1.84 bits per heavy atom. The van der Waals surface area contributed by atoms with E-state index in [9.17, 15) is 13.2 Å². The first-order chi connectivity index (χ1) is 11.5. The summed E-state index contributed by atoms with van der Waals surface area (Å²) in [5.41, 5.74) is 0.112. The minimum Gasteiger partial charge on any atom is -0.444 e. The lowest BCUT2D eigenvalue weighted by Gasteiger charge is -2.39. The van der Waals surface area contributed by atoms with E-state index in [1.165, 1.54) is 4.31 Å². The van der Waals surface area contributed by atoms with Gasteiger partial charge in [-0.1, -0.05) is 23.7 Å². The summed E-state index contributed by atoms with van der Waals surface area (Å²) in [6.07, 6.45) is -0.408. The van der Waals surface area contributed by atoms with Crippen LogP contribution in [0, 0.1) is 0 Å². The number of carbonyl (C=O) groups excluding carboxylic acids is 1. The number of ether oxygens (including phenoxy) is 1. The van der Waals surface area contributed by atoms with Crippen LogP contribution >= 0.6 is 11.6 Å². The van der Waals surface area contributed by atoms with Crippen LogP contribution in [0.2, 0.25) is 5.02 Å². The minimum absolute atomic E-state index is 0.0800. The van der Waals surface area contributed by atoms with Gasteiger partial charge in [-0.2, -0.15) is 4.31 Å². The van der Waals surface area contributed by atoms with Gasteiger partial charge in [-0.05, 0) is 45.4 Å². The molecule has 1 aliphatic rings. The van der Waals surface area contributed by atoms with Gasteiger partial charge in [0, 0.05) is 30.7 Å². The number of rotatable bonds is 3. The zero-order chi connectivity index (χ0) is 18.8. The van der Waals surface area contributed by atoms with E-state index in [1.807, 2.05) is 27.7 Å². The van der Waals surface area contributed by atoms with Crippen LogP contribution in [0.3, 0.4) is 0 Å². The molecule has 25 heavy (non-hydrogen) atoms. The van der Waals surface area contributed by atoms with E-state index in [2.05, 4.69) is 0 Å². The zero-order valence-corrected chi connectivity index (χ0v) is 16.6. The average molecular weight is 389 g/mol. The Kier molecular flexibility index (Phi) is 6.01. The molecule has 1 fully saturated rings. The number of amides is 1. The molecule has 1 aromatic rings. The lowest BCUT2D eigenvalue weighted by molar-refractivity contribution is 0.00857. The maximum Gasteiger partial charge on any atom is 0.410 e. The highest BCUT2D eigenvalue weighted by molar-refractivity contribution is 7.88. The molecule has 1 aromatic carbocycles. The van der Waals surface area contributed by atoms with Gasteiger partial charge in [0.25, 0.3) is 0 Å². The Hall–Kier alpha value is -1.31. The first-order valence-corrected chi connectivity index (χ1v) is 10.2. The predicted molar refractivity (Wildman–Crippen MR) is 98.1 cm³/mol. The Labute approximate surface area is 154 Å². The Bertz CT molecular complexity index is 713. The number of carbonyl (C=O) groups is 1. The molecule has 0 aliphatic carbocycles. The summed E-state index contributed by atoms with van der Waals surface area (Å²) in [7, 11) is -3.45. The van der Waals surface area contributed by atoms with E-state index in [0.29, 0.717) is 17.1 Å². The van der Waals surface area contributed by atoms with Crippen LogP contribution in [-0.2, 0) is 20.5 Å². The highest BCUT2D eigenvalue weighted by atomic mass is 35.5. The summed E-state index contributed by atoms with van der Waals surface area (Å²) >= 11 is 5.83. The van der Waals surface area contributed by atoms with Crippen LogP contribution in [0.5, 0.6) is 0 Å². The third-order valence-electron chi connectivity index (χ3n) is 3.87. The number of hydrogen-bond acceptors (Lipinski definition) is 4. The smallest absolute Gasteiger partial charge is 0.410 e. The maximum absolute atomic E-state index is 12.6.